The topological polar surface area (TPSA) is 9.23 Å². The minimum Gasteiger partial charge on any atom is -0.370 e. The molecule has 2 fully saturated rings. The maximum absolute atomic E-state index is 5.55. The average Bonchev–Trinajstić information content (AvgIpc) is 1.93. The lowest BCUT2D eigenvalue weighted by Crippen LogP contribution is -2.53. The number of hydrogen-bond acceptors (Lipinski definition) is 1. The normalized spacial score (nSPS) is 45.4. The molecule has 56 valence electrons. The molecule has 10 heavy (non-hydrogen) atoms. The van der Waals surface area contributed by atoms with E-state index < -0.39 is 0 Å². The third kappa shape index (κ3) is 0.671. The van der Waals surface area contributed by atoms with Crippen LogP contribution in [-0.4, -0.2) is 12.2 Å². The Balaban J connectivity index is 2.11. The van der Waals surface area contributed by atoms with Gasteiger partial charge in [-0.2, -0.15) is 0 Å². The van der Waals surface area contributed by atoms with Gasteiger partial charge in [0.05, 0.1) is 12.2 Å². The summed E-state index contributed by atoms with van der Waals surface area (Å²) in [6, 6.07) is 0. The molecule has 2 aliphatic rings. The third-order valence-corrected chi connectivity index (χ3v) is 2.96. The van der Waals surface area contributed by atoms with E-state index in [4.69, 9.17) is 4.74 Å². The van der Waals surface area contributed by atoms with E-state index in [1.807, 2.05) is 6.08 Å². The molecule has 0 aromatic carbocycles. The van der Waals surface area contributed by atoms with Gasteiger partial charge in [-0.3, -0.25) is 0 Å². The summed E-state index contributed by atoms with van der Waals surface area (Å²) in [5.74, 6) is 0.804. The van der Waals surface area contributed by atoms with Crippen LogP contribution < -0.4 is 0 Å². The summed E-state index contributed by atoms with van der Waals surface area (Å²) in [5.41, 5.74) is 0.123. The molecule has 0 amide bonds. The molecule has 2 unspecified atom stereocenters. The molecule has 1 nitrogen and oxygen atoms in total. The van der Waals surface area contributed by atoms with Gasteiger partial charge in [-0.05, 0) is 12.8 Å². The van der Waals surface area contributed by atoms with Crippen molar-refractivity contribution in [3.05, 3.63) is 12.7 Å². The quantitative estimate of drug-likeness (QED) is 0.504. The van der Waals surface area contributed by atoms with Crippen LogP contribution in [0.15, 0.2) is 12.7 Å². The molecule has 0 spiro atoms. The number of hydrogen-bond donors (Lipinski definition) is 0. The molecular weight excluding hydrogens is 124 g/mol. The van der Waals surface area contributed by atoms with Crippen molar-refractivity contribution in [3.8, 4) is 0 Å². The van der Waals surface area contributed by atoms with Crippen molar-refractivity contribution < 1.29 is 4.74 Å². The van der Waals surface area contributed by atoms with Gasteiger partial charge >= 0.3 is 0 Å². The summed E-state index contributed by atoms with van der Waals surface area (Å²) in [5, 5.41) is 0. The second kappa shape index (κ2) is 2.09. The van der Waals surface area contributed by atoms with Crippen molar-refractivity contribution in [2.75, 3.05) is 6.61 Å². The van der Waals surface area contributed by atoms with E-state index in [9.17, 15) is 0 Å². The van der Waals surface area contributed by atoms with Crippen LogP contribution in [-0.2, 0) is 4.74 Å². The molecule has 0 bridgehead atoms. The van der Waals surface area contributed by atoms with Gasteiger partial charge < -0.3 is 4.74 Å². The van der Waals surface area contributed by atoms with Gasteiger partial charge in [-0.25, -0.2) is 0 Å². The molecule has 1 aliphatic heterocycles. The second-order valence-electron chi connectivity index (χ2n) is 3.41. The van der Waals surface area contributed by atoms with Crippen LogP contribution >= 0.6 is 0 Å². The van der Waals surface area contributed by atoms with Crippen LogP contribution in [0.4, 0.5) is 0 Å². The van der Waals surface area contributed by atoms with Crippen LogP contribution in [0.5, 0.6) is 0 Å². The van der Waals surface area contributed by atoms with Crippen LogP contribution in [0.3, 0.4) is 0 Å². The monoisotopic (exact) mass is 138 g/mol. The first-order valence-electron chi connectivity index (χ1n) is 4.15. The Bertz CT molecular complexity index is 153. The van der Waals surface area contributed by atoms with Gasteiger partial charge in [0.25, 0.3) is 0 Å². The fraction of sp³-hybridized carbons (Fsp3) is 0.778. The zero-order chi connectivity index (χ0) is 7.03. The smallest absolute Gasteiger partial charge is 0.0910 e. The predicted octanol–water partition coefficient (Wildman–Crippen LogP) is 2.13. The minimum absolute atomic E-state index is 0.123. The molecule has 0 N–H and O–H groups in total. The fourth-order valence-corrected chi connectivity index (χ4v) is 2.14. The first kappa shape index (κ1) is 6.41. The second-order valence-corrected chi connectivity index (χ2v) is 3.41. The van der Waals surface area contributed by atoms with Crippen molar-refractivity contribution in [1.29, 1.82) is 0 Å². The van der Waals surface area contributed by atoms with Crippen LogP contribution in [0, 0.1) is 5.92 Å². The van der Waals surface area contributed by atoms with Gasteiger partial charge in [0.1, 0.15) is 0 Å². The summed E-state index contributed by atoms with van der Waals surface area (Å²) in [7, 11) is 0. The zero-order valence-electron chi connectivity index (χ0n) is 6.31. The SMILES string of the molecule is C=CC12CCCCC1CO2. The highest BCUT2D eigenvalue weighted by Crippen LogP contribution is 2.45. The van der Waals surface area contributed by atoms with Gasteiger partial charge in [0, 0.05) is 5.92 Å². The first-order chi connectivity index (χ1) is 4.87. The van der Waals surface area contributed by atoms with Gasteiger partial charge in [0.2, 0.25) is 0 Å². The molecule has 1 saturated carbocycles. The van der Waals surface area contributed by atoms with Crippen LogP contribution in [0.2, 0.25) is 0 Å². The molecular formula is C9H14O. The molecule has 1 saturated heterocycles. The molecule has 0 aromatic rings. The highest BCUT2D eigenvalue weighted by molar-refractivity contribution is 5.09. The lowest BCUT2D eigenvalue weighted by Gasteiger charge is -2.50. The van der Waals surface area contributed by atoms with E-state index >= 15 is 0 Å². The number of fused-ring (bicyclic) bond motifs is 1. The number of rotatable bonds is 1. The van der Waals surface area contributed by atoms with E-state index in [0.29, 0.717) is 0 Å². The first-order valence-corrected chi connectivity index (χ1v) is 4.15. The fourth-order valence-electron chi connectivity index (χ4n) is 2.14. The Morgan fingerprint density at radius 1 is 1.50 bits per heavy atom. The standard InChI is InChI=1S/C9H14O/c1-2-9-6-4-3-5-8(9)7-10-9/h2,8H,1,3-7H2. The largest absolute Gasteiger partial charge is 0.370 e. The third-order valence-electron chi connectivity index (χ3n) is 2.96. The van der Waals surface area contributed by atoms with Crippen molar-refractivity contribution >= 4 is 0 Å². The molecule has 1 heterocycles. The summed E-state index contributed by atoms with van der Waals surface area (Å²) in [6.07, 6.45) is 7.29. The minimum atomic E-state index is 0.123. The summed E-state index contributed by atoms with van der Waals surface area (Å²) in [4.78, 5) is 0. The maximum atomic E-state index is 5.55. The lowest BCUT2D eigenvalue weighted by molar-refractivity contribution is -0.190. The Hall–Kier alpha value is -0.300. The molecule has 2 rings (SSSR count). The molecule has 0 aromatic heterocycles. The summed E-state index contributed by atoms with van der Waals surface area (Å²) >= 11 is 0. The van der Waals surface area contributed by atoms with Gasteiger partial charge in [-0.15, -0.1) is 6.58 Å². The van der Waals surface area contributed by atoms with Gasteiger partial charge in [-0.1, -0.05) is 18.9 Å². The maximum Gasteiger partial charge on any atom is 0.0910 e. The Kier molecular flexibility index (Phi) is 1.34. The highest BCUT2D eigenvalue weighted by Gasteiger charge is 2.46. The zero-order valence-corrected chi connectivity index (χ0v) is 6.31. The van der Waals surface area contributed by atoms with Crippen molar-refractivity contribution in [1.82, 2.24) is 0 Å². The van der Waals surface area contributed by atoms with Crippen molar-refractivity contribution in [2.45, 2.75) is 31.3 Å². The van der Waals surface area contributed by atoms with Crippen LogP contribution in [0.1, 0.15) is 25.7 Å². The predicted molar refractivity (Wildman–Crippen MR) is 40.8 cm³/mol. The Morgan fingerprint density at radius 2 is 2.40 bits per heavy atom. The molecule has 0 radical (unpaired) electrons. The lowest BCUT2D eigenvalue weighted by atomic mass is 9.72. The molecule has 2 atom stereocenters. The Labute approximate surface area is 62.1 Å². The molecule has 1 aliphatic carbocycles. The van der Waals surface area contributed by atoms with E-state index in [1.165, 1.54) is 25.7 Å². The van der Waals surface area contributed by atoms with Crippen molar-refractivity contribution in [2.24, 2.45) is 5.92 Å². The average molecular weight is 138 g/mol. The molecule has 1 heteroatoms. The van der Waals surface area contributed by atoms with Crippen LogP contribution in [0.25, 0.3) is 0 Å². The summed E-state index contributed by atoms with van der Waals surface area (Å²) in [6.45, 7) is 4.81. The van der Waals surface area contributed by atoms with Gasteiger partial charge in [0.15, 0.2) is 0 Å². The number of ether oxygens (including phenoxy) is 1. The summed E-state index contributed by atoms with van der Waals surface area (Å²) < 4.78 is 5.55. The highest BCUT2D eigenvalue weighted by atomic mass is 16.5. The van der Waals surface area contributed by atoms with E-state index in [1.54, 1.807) is 0 Å². The van der Waals surface area contributed by atoms with Crippen molar-refractivity contribution in [3.63, 3.8) is 0 Å². The van der Waals surface area contributed by atoms with E-state index in [-0.39, 0.29) is 5.60 Å². The van der Waals surface area contributed by atoms with E-state index in [0.717, 1.165) is 12.5 Å². The van der Waals surface area contributed by atoms with E-state index in [2.05, 4.69) is 6.58 Å². The Morgan fingerprint density at radius 3 is 2.80 bits per heavy atom.